The molecular formula is C15H14FN5O3. The zero-order chi connectivity index (χ0) is 17.1. The molecule has 8 nitrogen and oxygen atoms in total. The number of anilines is 1. The summed E-state index contributed by atoms with van der Waals surface area (Å²) >= 11 is 0. The van der Waals surface area contributed by atoms with Crippen LogP contribution in [0.2, 0.25) is 0 Å². The molecule has 24 heavy (non-hydrogen) atoms. The van der Waals surface area contributed by atoms with Crippen molar-refractivity contribution in [3.8, 4) is 11.3 Å². The molecule has 1 saturated carbocycles. The highest BCUT2D eigenvalue weighted by Gasteiger charge is 2.49. The van der Waals surface area contributed by atoms with Crippen molar-refractivity contribution >= 4 is 17.4 Å². The normalized spacial score (nSPS) is 17.2. The summed E-state index contributed by atoms with van der Waals surface area (Å²) in [6.45, 7) is 0.708. The molecule has 2 aromatic rings. The molecule has 1 aliphatic carbocycles. The van der Waals surface area contributed by atoms with Crippen LogP contribution < -0.4 is 11.1 Å². The highest BCUT2D eigenvalue weighted by Crippen LogP contribution is 2.51. The van der Waals surface area contributed by atoms with Gasteiger partial charge in [-0.1, -0.05) is 0 Å². The largest absolute Gasteiger partial charge is 0.369 e. The van der Waals surface area contributed by atoms with Crippen LogP contribution >= 0.6 is 0 Å². The molecule has 0 saturated heterocycles. The number of primary amides is 1. The highest BCUT2D eigenvalue weighted by atomic mass is 19.1. The molecular weight excluding hydrogens is 317 g/mol. The zero-order valence-electron chi connectivity index (χ0n) is 12.6. The Morgan fingerprint density at radius 3 is 2.75 bits per heavy atom. The Labute approximate surface area is 135 Å². The average molecular weight is 331 g/mol. The van der Waals surface area contributed by atoms with Crippen LogP contribution in [-0.2, 0) is 5.54 Å². The number of amides is 1. The maximum absolute atomic E-state index is 14.0. The number of carbonyl (C=O) groups is 1. The molecule has 124 valence electrons. The number of nitrogens with one attached hydrogen (secondary N) is 1. The van der Waals surface area contributed by atoms with E-state index in [4.69, 9.17) is 5.73 Å². The molecule has 9 heteroatoms. The lowest BCUT2D eigenvalue weighted by atomic mass is 10.1. The number of aromatic nitrogens is 2. The van der Waals surface area contributed by atoms with Gasteiger partial charge in [0.1, 0.15) is 17.1 Å². The molecule has 0 unspecified atom stereocenters. The molecule has 0 bridgehead atoms. The van der Waals surface area contributed by atoms with E-state index in [0.29, 0.717) is 12.4 Å². The minimum atomic E-state index is -0.979. The molecule has 1 fully saturated rings. The van der Waals surface area contributed by atoms with Gasteiger partial charge in [-0.05, 0) is 31.4 Å². The summed E-state index contributed by atoms with van der Waals surface area (Å²) in [5, 5.41) is 18.4. The van der Waals surface area contributed by atoms with E-state index in [1.54, 1.807) is 4.68 Å². The number of nitro benzene ring substituents is 1. The second kappa shape index (κ2) is 4.76. The third-order valence-corrected chi connectivity index (χ3v) is 4.71. The van der Waals surface area contributed by atoms with Crippen molar-refractivity contribution in [3.63, 3.8) is 0 Å². The number of nitro groups is 1. The third-order valence-electron chi connectivity index (χ3n) is 4.71. The number of carbonyl (C=O) groups excluding carboxylic acids is 1. The van der Waals surface area contributed by atoms with Gasteiger partial charge in [-0.15, -0.1) is 0 Å². The quantitative estimate of drug-likeness (QED) is 0.659. The number of rotatable bonds is 3. The number of nitrogens with zero attached hydrogens (tertiary/aromatic N) is 3. The predicted molar refractivity (Wildman–Crippen MR) is 83.1 cm³/mol. The first-order valence-corrected chi connectivity index (χ1v) is 7.54. The van der Waals surface area contributed by atoms with Crippen molar-refractivity contribution in [3.05, 3.63) is 39.7 Å². The number of nitrogens with two attached hydrogens (primary N) is 1. The van der Waals surface area contributed by atoms with E-state index < -0.39 is 22.3 Å². The summed E-state index contributed by atoms with van der Waals surface area (Å²) in [5.74, 6) is -1.11. The fourth-order valence-corrected chi connectivity index (χ4v) is 3.29. The van der Waals surface area contributed by atoms with Crippen molar-refractivity contribution in [2.45, 2.75) is 24.8 Å². The lowest BCUT2D eigenvalue weighted by molar-refractivity contribution is -0.387. The van der Waals surface area contributed by atoms with E-state index in [1.165, 1.54) is 6.07 Å². The van der Waals surface area contributed by atoms with Gasteiger partial charge in [0.05, 0.1) is 10.5 Å². The van der Waals surface area contributed by atoms with Gasteiger partial charge in [0.25, 0.3) is 5.91 Å². The minimum absolute atomic E-state index is 0.0949. The summed E-state index contributed by atoms with van der Waals surface area (Å²) in [6, 6.07) is 3.45. The first kappa shape index (κ1) is 14.6. The van der Waals surface area contributed by atoms with E-state index in [0.717, 1.165) is 31.4 Å². The maximum Gasteiger partial charge on any atom is 0.304 e. The molecule has 2 aliphatic rings. The summed E-state index contributed by atoms with van der Waals surface area (Å²) in [4.78, 5) is 21.9. The highest BCUT2D eigenvalue weighted by molar-refractivity contribution is 6.04. The van der Waals surface area contributed by atoms with Gasteiger partial charge in [0.15, 0.2) is 0 Å². The Morgan fingerprint density at radius 2 is 2.17 bits per heavy atom. The van der Waals surface area contributed by atoms with Crippen LogP contribution in [0, 0.1) is 15.9 Å². The smallest absolute Gasteiger partial charge is 0.304 e. The summed E-state index contributed by atoms with van der Waals surface area (Å²) in [5.41, 5.74) is 5.51. The lowest BCUT2D eigenvalue weighted by Gasteiger charge is -2.25. The minimum Gasteiger partial charge on any atom is -0.369 e. The van der Waals surface area contributed by atoms with Crippen LogP contribution in [0.15, 0.2) is 18.2 Å². The molecule has 4 rings (SSSR count). The van der Waals surface area contributed by atoms with Gasteiger partial charge in [-0.3, -0.25) is 14.9 Å². The number of benzene rings is 1. The van der Waals surface area contributed by atoms with Gasteiger partial charge in [0.2, 0.25) is 5.82 Å². The second-order valence-corrected chi connectivity index (χ2v) is 6.17. The van der Waals surface area contributed by atoms with E-state index in [2.05, 4.69) is 10.4 Å². The molecule has 1 aromatic heterocycles. The van der Waals surface area contributed by atoms with Crippen molar-refractivity contribution < 1.29 is 14.1 Å². The van der Waals surface area contributed by atoms with Gasteiger partial charge in [0, 0.05) is 18.2 Å². The Morgan fingerprint density at radius 1 is 1.42 bits per heavy atom. The number of hydrogen-bond acceptors (Lipinski definition) is 5. The molecule has 3 N–H and O–H groups in total. The number of hydrogen-bond donors (Lipinski definition) is 2. The van der Waals surface area contributed by atoms with E-state index in [1.807, 2.05) is 0 Å². The first-order valence-electron chi connectivity index (χ1n) is 7.54. The van der Waals surface area contributed by atoms with Gasteiger partial charge in [-0.25, -0.2) is 4.68 Å². The van der Waals surface area contributed by atoms with Crippen molar-refractivity contribution in [1.82, 2.24) is 9.78 Å². The molecule has 0 atom stereocenters. The summed E-state index contributed by atoms with van der Waals surface area (Å²) in [7, 11) is 0. The number of fused-ring (bicyclic) bond motifs is 2. The summed E-state index contributed by atoms with van der Waals surface area (Å²) < 4.78 is 15.7. The Balaban J connectivity index is 1.90. The first-order chi connectivity index (χ1) is 11.4. The third kappa shape index (κ3) is 1.97. The van der Waals surface area contributed by atoms with Crippen molar-refractivity contribution in [1.29, 1.82) is 0 Å². The monoisotopic (exact) mass is 331 g/mol. The van der Waals surface area contributed by atoms with E-state index in [-0.39, 0.29) is 22.4 Å². The Kier molecular flexibility index (Phi) is 2.90. The molecule has 1 spiro atoms. The second-order valence-electron chi connectivity index (χ2n) is 6.17. The van der Waals surface area contributed by atoms with Crippen LogP contribution in [-0.4, -0.2) is 27.2 Å². The fourth-order valence-electron chi connectivity index (χ4n) is 3.29. The van der Waals surface area contributed by atoms with Gasteiger partial charge in [-0.2, -0.15) is 9.49 Å². The molecule has 2 heterocycles. The standard InChI is InChI=1S/C15H14FN5O3/c16-9-7-8(1-2-10(9)21(23)24)12-11(13(17)22)14-18-6-5-15(3-4-15)20(14)19-12/h1-2,7,18H,3-6H2,(H2,17,22). The Bertz CT molecular complexity index is 887. The topological polar surface area (TPSA) is 116 Å². The molecule has 1 aromatic carbocycles. The van der Waals surface area contributed by atoms with Crippen molar-refractivity contribution in [2.24, 2.45) is 5.73 Å². The van der Waals surface area contributed by atoms with Crippen molar-refractivity contribution in [2.75, 3.05) is 11.9 Å². The van der Waals surface area contributed by atoms with Crippen LogP contribution in [0.25, 0.3) is 11.3 Å². The molecule has 0 radical (unpaired) electrons. The maximum atomic E-state index is 14.0. The van der Waals surface area contributed by atoms with Gasteiger partial charge >= 0.3 is 5.69 Å². The number of halogens is 1. The summed E-state index contributed by atoms with van der Waals surface area (Å²) in [6.07, 6.45) is 2.83. The van der Waals surface area contributed by atoms with Crippen LogP contribution in [0.3, 0.4) is 0 Å². The van der Waals surface area contributed by atoms with Gasteiger partial charge < -0.3 is 11.1 Å². The van der Waals surface area contributed by atoms with Crippen LogP contribution in [0.5, 0.6) is 0 Å². The fraction of sp³-hybridized carbons (Fsp3) is 0.333. The average Bonchev–Trinajstić information content (AvgIpc) is 3.16. The lowest BCUT2D eigenvalue weighted by Crippen LogP contribution is -2.30. The Hall–Kier alpha value is -2.97. The van der Waals surface area contributed by atoms with Crippen LogP contribution in [0.4, 0.5) is 15.9 Å². The molecule has 1 amide bonds. The van der Waals surface area contributed by atoms with E-state index >= 15 is 0 Å². The predicted octanol–water partition coefficient (Wildman–Crippen LogP) is 2.00. The van der Waals surface area contributed by atoms with Crippen LogP contribution in [0.1, 0.15) is 29.6 Å². The molecule has 1 aliphatic heterocycles. The SMILES string of the molecule is NC(=O)c1c(-c2ccc([N+](=O)[O-])c(F)c2)nn2c1NCCC21CC1. The van der Waals surface area contributed by atoms with E-state index in [9.17, 15) is 19.3 Å². The zero-order valence-corrected chi connectivity index (χ0v) is 12.6.